The lowest BCUT2D eigenvalue weighted by Gasteiger charge is -2.36. The Balaban J connectivity index is 1.66. The Hall–Kier alpha value is -1.89. The molecule has 0 atom stereocenters. The van der Waals surface area contributed by atoms with Crippen LogP contribution in [0.2, 0.25) is 0 Å². The maximum absolute atomic E-state index is 12.2. The molecule has 0 bridgehead atoms. The van der Waals surface area contributed by atoms with Gasteiger partial charge in [-0.25, -0.2) is 0 Å². The van der Waals surface area contributed by atoms with E-state index >= 15 is 0 Å². The fraction of sp³-hybridized carbons (Fsp3) is 0.571. The zero-order valence-electron chi connectivity index (χ0n) is 16.7. The van der Waals surface area contributed by atoms with E-state index in [0.29, 0.717) is 11.6 Å². The van der Waals surface area contributed by atoms with Gasteiger partial charge in [0.25, 0.3) is 5.91 Å². The minimum atomic E-state index is -0.487. The van der Waals surface area contributed by atoms with Crippen LogP contribution in [-0.2, 0) is 19.1 Å². The summed E-state index contributed by atoms with van der Waals surface area (Å²) in [6.45, 7) is 6.14. The molecule has 0 unspecified atom stereocenters. The highest BCUT2D eigenvalue weighted by Crippen LogP contribution is 2.40. The lowest BCUT2D eigenvalue weighted by molar-refractivity contribution is -0.154. The molecular formula is C21H29BrN2O4. The van der Waals surface area contributed by atoms with E-state index in [9.17, 15) is 14.4 Å². The molecule has 2 rings (SSSR count). The zero-order valence-corrected chi connectivity index (χ0v) is 18.3. The first-order chi connectivity index (χ1) is 13.2. The first-order valence-electron chi connectivity index (χ1n) is 9.64. The number of hydrogen-bond donors (Lipinski definition) is 2. The number of hydrogen-bond acceptors (Lipinski definition) is 4. The van der Waals surface area contributed by atoms with E-state index in [-0.39, 0.29) is 36.4 Å². The second-order valence-corrected chi connectivity index (χ2v) is 9.18. The summed E-state index contributed by atoms with van der Waals surface area (Å²) in [7, 11) is 0. The van der Waals surface area contributed by atoms with Crippen molar-refractivity contribution < 1.29 is 19.1 Å². The molecule has 1 saturated carbocycles. The SMILES string of the molecule is CC(C)(C)C1CCC(C(=O)OCC(=O)NCC(=O)Nc2ccccc2Br)CC1. The zero-order chi connectivity index (χ0) is 20.7. The fourth-order valence-corrected chi connectivity index (χ4v) is 3.82. The monoisotopic (exact) mass is 452 g/mol. The van der Waals surface area contributed by atoms with Crippen molar-refractivity contribution in [2.45, 2.75) is 46.5 Å². The van der Waals surface area contributed by atoms with Crippen molar-refractivity contribution in [3.63, 3.8) is 0 Å². The molecule has 0 saturated heterocycles. The van der Waals surface area contributed by atoms with Gasteiger partial charge in [0.2, 0.25) is 5.91 Å². The smallest absolute Gasteiger partial charge is 0.309 e. The van der Waals surface area contributed by atoms with Gasteiger partial charge in [-0.05, 0) is 65.1 Å². The maximum Gasteiger partial charge on any atom is 0.309 e. The minimum absolute atomic E-state index is 0.134. The highest BCUT2D eigenvalue weighted by atomic mass is 79.9. The summed E-state index contributed by atoms with van der Waals surface area (Å²) in [4.78, 5) is 36.0. The molecule has 0 heterocycles. The molecular weight excluding hydrogens is 424 g/mol. The summed E-state index contributed by atoms with van der Waals surface area (Å²) < 4.78 is 5.90. The molecule has 2 N–H and O–H groups in total. The van der Waals surface area contributed by atoms with Crippen molar-refractivity contribution in [1.82, 2.24) is 5.32 Å². The van der Waals surface area contributed by atoms with Crippen molar-refractivity contribution in [2.24, 2.45) is 17.3 Å². The first kappa shape index (κ1) is 22.4. The summed E-state index contributed by atoms with van der Waals surface area (Å²) in [6.07, 6.45) is 3.61. The molecule has 6 nitrogen and oxygen atoms in total. The van der Waals surface area contributed by atoms with Crippen molar-refractivity contribution in [2.75, 3.05) is 18.5 Å². The second kappa shape index (κ2) is 10.0. The molecule has 2 amide bonds. The van der Waals surface area contributed by atoms with E-state index < -0.39 is 5.91 Å². The number of carbonyl (C=O) groups is 3. The van der Waals surface area contributed by atoms with Gasteiger partial charge in [-0.1, -0.05) is 32.9 Å². The van der Waals surface area contributed by atoms with Crippen LogP contribution in [0.25, 0.3) is 0 Å². The van der Waals surface area contributed by atoms with E-state index in [1.54, 1.807) is 12.1 Å². The van der Waals surface area contributed by atoms with Crippen LogP contribution in [0.4, 0.5) is 5.69 Å². The number of ether oxygens (including phenoxy) is 1. The Morgan fingerprint density at radius 1 is 1.07 bits per heavy atom. The van der Waals surface area contributed by atoms with Crippen LogP contribution in [0.1, 0.15) is 46.5 Å². The van der Waals surface area contributed by atoms with Gasteiger partial charge in [-0.15, -0.1) is 0 Å². The molecule has 0 aromatic heterocycles. The van der Waals surface area contributed by atoms with Crippen LogP contribution < -0.4 is 10.6 Å². The number of anilines is 1. The van der Waals surface area contributed by atoms with E-state index in [0.717, 1.165) is 30.2 Å². The Kier molecular flexibility index (Phi) is 8.04. The van der Waals surface area contributed by atoms with E-state index in [4.69, 9.17) is 4.74 Å². The van der Waals surface area contributed by atoms with Gasteiger partial charge < -0.3 is 15.4 Å². The van der Waals surface area contributed by atoms with Gasteiger partial charge >= 0.3 is 5.97 Å². The number of halogens is 1. The molecule has 7 heteroatoms. The summed E-state index contributed by atoms with van der Waals surface area (Å²) in [5.74, 6) is -0.681. The normalized spacial score (nSPS) is 19.6. The number of benzene rings is 1. The van der Waals surface area contributed by atoms with E-state index in [1.165, 1.54) is 0 Å². The predicted molar refractivity (Wildman–Crippen MR) is 112 cm³/mol. The molecule has 0 radical (unpaired) electrons. The van der Waals surface area contributed by atoms with Crippen LogP contribution >= 0.6 is 15.9 Å². The lowest BCUT2D eigenvalue weighted by Crippen LogP contribution is -2.36. The van der Waals surface area contributed by atoms with Crippen molar-refractivity contribution in [3.8, 4) is 0 Å². The predicted octanol–water partition coefficient (Wildman–Crippen LogP) is 3.90. The Bertz CT molecular complexity index is 707. The topological polar surface area (TPSA) is 84.5 Å². The Morgan fingerprint density at radius 3 is 2.32 bits per heavy atom. The summed E-state index contributed by atoms with van der Waals surface area (Å²) in [6, 6.07) is 7.20. The van der Waals surface area contributed by atoms with E-state index in [2.05, 4.69) is 47.3 Å². The van der Waals surface area contributed by atoms with Crippen molar-refractivity contribution in [1.29, 1.82) is 0 Å². The van der Waals surface area contributed by atoms with E-state index in [1.807, 2.05) is 12.1 Å². The van der Waals surface area contributed by atoms with Crippen LogP contribution in [0.3, 0.4) is 0 Å². The number of carbonyl (C=O) groups excluding carboxylic acids is 3. The van der Waals surface area contributed by atoms with Gasteiger partial charge in [0.15, 0.2) is 6.61 Å². The van der Waals surface area contributed by atoms with Crippen LogP contribution in [-0.4, -0.2) is 30.9 Å². The molecule has 154 valence electrons. The highest BCUT2D eigenvalue weighted by Gasteiger charge is 2.33. The largest absolute Gasteiger partial charge is 0.455 e. The minimum Gasteiger partial charge on any atom is -0.455 e. The highest BCUT2D eigenvalue weighted by molar-refractivity contribution is 9.10. The number of amides is 2. The molecule has 1 fully saturated rings. The van der Waals surface area contributed by atoms with Crippen LogP contribution in [0.5, 0.6) is 0 Å². The number of para-hydroxylation sites is 1. The number of rotatable bonds is 6. The molecule has 1 aromatic rings. The average molecular weight is 453 g/mol. The summed E-state index contributed by atoms with van der Waals surface area (Å²) in [5, 5.41) is 5.15. The third-order valence-corrected chi connectivity index (χ3v) is 5.92. The molecule has 0 spiro atoms. The van der Waals surface area contributed by atoms with Gasteiger partial charge in [0, 0.05) is 4.47 Å². The molecule has 1 aromatic carbocycles. The van der Waals surface area contributed by atoms with Gasteiger partial charge in [-0.3, -0.25) is 14.4 Å². The maximum atomic E-state index is 12.2. The molecule has 1 aliphatic carbocycles. The average Bonchev–Trinajstić information content (AvgIpc) is 2.65. The summed E-state index contributed by atoms with van der Waals surface area (Å²) >= 11 is 3.34. The van der Waals surface area contributed by atoms with Crippen molar-refractivity contribution in [3.05, 3.63) is 28.7 Å². The Morgan fingerprint density at radius 2 is 1.71 bits per heavy atom. The van der Waals surface area contributed by atoms with Crippen molar-refractivity contribution >= 4 is 39.4 Å². The third-order valence-electron chi connectivity index (χ3n) is 5.22. The number of nitrogens with one attached hydrogen (secondary N) is 2. The quantitative estimate of drug-likeness (QED) is 0.640. The molecule has 1 aliphatic rings. The lowest BCUT2D eigenvalue weighted by atomic mass is 9.70. The van der Waals surface area contributed by atoms with Gasteiger partial charge in [0.05, 0.1) is 18.2 Å². The Labute approximate surface area is 174 Å². The second-order valence-electron chi connectivity index (χ2n) is 8.33. The molecule has 0 aliphatic heterocycles. The van der Waals surface area contributed by atoms with Gasteiger partial charge in [-0.2, -0.15) is 0 Å². The molecule has 28 heavy (non-hydrogen) atoms. The standard InChI is InChI=1S/C21H29BrN2O4/c1-21(2,3)15-10-8-14(9-11-15)20(27)28-13-19(26)23-12-18(25)24-17-7-5-4-6-16(17)22/h4-7,14-15H,8-13H2,1-3H3,(H,23,26)(H,24,25). The third kappa shape index (κ3) is 6.93. The summed E-state index contributed by atoms with van der Waals surface area (Å²) in [5.41, 5.74) is 0.879. The first-order valence-corrected chi connectivity index (χ1v) is 10.4. The fourth-order valence-electron chi connectivity index (χ4n) is 3.44. The van der Waals surface area contributed by atoms with Gasteiger partial charge in [0.1, 0.15) is 0 Å². The number of esters is 1. The van der Waals surface area contributed by atoms with Crippen LogP contribution in [0, 0.1) is 17.3 Å². The van der Waals surface area contributed by atoms with Crippen LogP contribution in [0.15, 0.2) is 28.7 Å².